The lowest BCUT2D eigenvalue weighted by atomic mass is 9.95. The summed E-state index contributed by atoms with van der Waals surface area (Å²) < 4.78 is 0. The summed E-state index contributed by atoms with van der Waals surface area (Å²) in [6.07, 6.45) is 3.28. The highest BCUT2D eigenvalue weighted by Gasteiger charge is 2.20. The fourth-order valence-electron chi connectivity index (χ4n) is 4.17. The highest BCUT2D eigenvalue weighted by atomic mass is 32.2. The molecule has 4 rings (SSSR count). The van der Waals surface area contributed by atoms with E-state index in [1.807, 2.05) is 54.6 Å². The third-order valence-corrected chi connectivity index (χ3v) is 6.31. The van der Waals surface area contributed by atoms with Gasteiger partial charge in [0.05, 0.1) is 23.7 Å². The summed E-state index contributed by atoms with van der Waals surface area (Å²) in [5.41, 5.74) is 6.33. The average Bonchev–Trinajstić information content (AvgIpc) is 2.85. The van der Waals surface area contributed by atoms with Gasteiger partial charge in [0.15, 0.2) is 0 Å². The zero-order valence-corrected chi connectivity index (χ0v) is 19.4. The Morgan fingerprint density at radius 2 is 1.56 bits per heavy atom. The van der Waals surface area contributed by atoms with Gasteiger partial charge in [-0.25, -0.2) is 4.98 Å². The van der Waals surface area contributed by atoms with Crippen molar-refractivity contribution >= 4 is 28.6 Å². The van der Waals surface area contributed by atoms with Gasteiger partial charge in [0.2, 0.25) is 5.91 Å². The summed E-state index contributed by atoms with van der Waals surface area (Å²) in [5.74, 6) is 0.846. The van der Waals surface area contributed by atoms with Gasteiger partial charge in [-0.15, -0.1) is 0 Å². The molecule has 3 aromatic carbocycles. The number of aromatic nitrogens is 1. The van der Waals surface area contributed by atoms with Crippen molar-refractivity contribution in [3.05, 3.63) is 102 Å². The Kier molecular flexibility index (Phi) is 7.23. The smallest absolute Gasteiger partial charge is 0.224 e. The number of rotatable bonds is 8. The quantitative estimate of drug-likeness (QED) is 0.337. The molecule has 1 N–H and O–H groups in total. The Morgan fingerprint density at radius 3 is 2.25 bits per heavy atom. The summed E-state index contributed by atoms with van der Waals surface area (Å²) in [7, 11) is 0. The van der Waals surface area contributed by atoms with Gasteiger partial charge in [-0.05, 0) is 35.4 Å². The van der Waals surface area contributed by atoms with Crippen LogP contribution < -0.4 is 5.32 Å². The molecule has 0 aliphatic carbocycles. The number of para-hydroxylation sites is 1. The molecule has 0 spiro atoms. The van der Waals surface area contributed by atoms with E-state index in [4.69, 9.17) is 4.98 Å². The van der Waals surface area contributed by atoms with Crippen LogP contribution in [0.15, 0.2) is 84.9 Å². The average molecular weight is 441 g/mol. The van der Waals surface area contributed by atoms with Crippen LogP contribution in [0.4, 0.5) is 0 Å². The third-order valence-electron chi connectivity index (χ3n) is 5.73. The Morgan fingerprint density at radius 1 is 0.906 bits per heavy atom. The molecule has 4 aromatic rings. The van der Waals surface area contributed by atoms with Crippen LogP contribution in [0.1, 0.15) is 36.1 Å². The third kappa shape index (κ3) is 4.86. The molecule has 0 fully saturated rings. The van der Waals surface area contributed by atoms with Crippen LogP contribution in [0, 0.1) is 0 Å². The molecule has 1 heterocycles. The molecule has 0 bridgehead atoms. The number of nitrogens with one attached hydrogen (secondary N) is 1. The number of fused-ring (bicyclic) bond motifs is 1. The first-order valence-electron chi connectivity index (χ1n) is 11.0. The zero-order valence-electron chi connectivity index (χ0n) is 18.5. The molecule has 0 saturated carbocycles. The first kappa shape index (κ1) is 22.1. The molecule has 0 unspecified atom stereocenters. The number of nitrogens with zero attached hydrogens (tertiary/aromatic N) is 1. The molecular weight excluding hydrogens is 412 g/mol. The number of benzene rings is 3. The highest BCUT2D eigenvalue weighted by Crippen LogP contribution is 2.33. The molecule has 0 radical (unpaired) electrons. The summed E-state index contributed by atoms with van der Waals surface area (Å²) in [5, 5.41) is 4.31. The summed E-state index contributed by atoms with van der Waals surface area (Å²) in [4.78, 5) is 18.3. The van der Waals surface area contributed by atoms with Gasteiger partial charge in [-0.3, -0.25) is 4.79 Å². The van der Waals surface area contributed by atoms with Gasteiger partial charge in [0.25, 0.3) is 0 Å². The topological polar surface area (TPSA) is 42.0 Å². The van der Waals surface area contributed by atoms with E-state index >= 15 is 0 Å². The normalized spacial score (nSPS) is 11.9. The van der Waals surface area contributed by atoms with Crippen molar-refractivity contribution in [1.29, 1.82) is 0 Å². The fraction of sp³-hybridized carbons (Fsp3) is 0.214. The van der Waals surface area contributed by atoms with E-state index in [0.717, 1.165) is 51.0 Å². The molecule has 1 aromatic heterocycles. The van der Waals surface area contributed by atoms with Crippen LogP contribution in [-0.4, -0.2) is 17.1 Å². The van der Waals surface area contributed by atoms with Crippen LogP contribution in [0.25, 0.3) is 22.2 Å². The predicted molar refractivity (Wildman–Crippen MR) is 136 cm³/mol. The fourth-order valence-corrected chi connectivity index (χ4v) is 4.77. The van der Waals surface area contributed by atoms with Gasteiger partial charge in [0, 0.05) is 16.7 Å². The molecule has 1 amide bonds. The van der Waals surface area contributed by atoms with Crippen molar-refractivity contribution in [2.75, 3.05) is 6.26 Å². The lowest BCUT2D eigenvalue weighted by molar-refractivity contribution is -0.121. The van der Waals surface area contributed by atoms with E-state index in [0.29, 0.717) is 6.42 Å². The lowest BCUT2D eigenvalue weighted by Crippen LogP contribution is -2.30. The number of pyridine rings is 1. The van der Waals surface area contributed by atoms with Crippen LogP contribution >= 0.6 is 11.8 Å². The molecule has 4 heteroatoms. The predicted octanol–water partition coefficient (Wildman–Crippen LogP) is 6.57. The first-order valence-corrected chi connectivity index (χ1v) is 12.4. The maximum absolute atomic E-state index is 13.3. The van der Waals surface area contributed by atoms with Crippen LogP contribution in [0.3, 0.4) is 0 Å². The standard InChI is InChI=1S/C28H28N2OS/c1-3-25(20-12-6-4-7-13-20)29-27(31)18-23-22-16-10-11-17-26(22)30-28(24(23)19-32-2)21-14-8-5-9-15-21/h4-17,25H,3,18-19H2,1-2H3,(H,29,31)/t25-/m0/s1. The van der Waals surface area contributed by atoms with Crippen molar-refractivity contribution in [3.8, 4) is 11.3 Å². The monoisotopic (exact) mass is 440 g/mol. The Bertz CT molecular complexity index is 1190. The molecule has 1 atom stereocenters. The molecule has 0 saturated heterocycles. The Balaban J connectivity index is 1.75. The maximum atomic E-state index is 13.3. The number of carbonyl (C=O) groups is 1. The van der Waals surface area contributed by atoms with Crippen LogP contribution in [0.5, 0.6) is 0 Å². The van der Waals surface area contributed by atoms with Crippen LogP contribution in [0.2, 0.25) is 0 Å². The minimum atomic E-state index is 0.00870. The van der Waals surface area contributed by atoms with Gasteiger partial charge in [-0.1, -0.05) is 85.8 Å². The molecule has 32 heavy (non-hydrogen) atoms. The summed E-state index contributed by atoms with van der Waals surface area (Å²) in [6, 6.07) is 28.6. The van der Waals surface area contributed by atoms with E-state index in [2.05, 4.69) is 48.8 Å². The second-order valence-corrected chi connectivity index (χ2v) is 8.72. The van der Waals surface area contributed by atoms with Gasteiger partial charge in [-0.2, -0.15) is 11.8 Å². The minimum absolute atomic E-state index is 0.00870. The SMILES string of the molecule is CC[C@H](NC(=O)Cc1c(CSC)c(-c2ccccc2)nc2ccccc12)c1ccccc1. The number of thioether (sulfide) groups is 1. The van der Waals surface area contributed by atoms with Gasteiger partial charge < -0.3 is 5.32 Å². The van der Waals surface area contributed by atoms with E-state index in [1.54, 1.807) is 11.8 Å². The maximum Gasteiger partial charge on any atom is 0.224 e. The summed E-state index contributed by atoms with van der Waals surface area (Å²) >= 11 is 1.76. The number of hydrogen-bond acceptors (Lipinski definition) is 3. The van der Waals surface area contributed by atoms with Crippen molar-refractivity contribution < 1.29 is 4.79 Å². The Hall–Kier alpha value is -3.11. The minimum Gasteiger partial charge on any atom is -0.349 e. The second kappa shape index (κ2) is 10.5. The van der Waals surface area contributed by atoms with Gasteiger partial charge >= 0.3 is 0 Å². The summed E-state index contributed by atoms with van der Waals surface area (Å²) in [6.45, 7) is 2.10. The lowest BCUT2D eigenvalue weighted by Gasteiger charge is -2.20. The van der Waals surface area contributed by atoms with E-state index in [9.17, 15) is 4.79 Å². The molecule has 0 aliphatic heterocycles. The molecule has 3 nitrogen and oxygen atoms in total. The number of hydrogen-bond donors (Lipinski definition) is 1. The zero-order chi connectivity index (χ0) is 22.3. The van der Waals surface area contributed by atoms with Crippen molar-refractivity contribution in [2.24, 2.45) is 0 Å². The molecule has 162 valence electrons. The Labute approximate surface area is 194 Å². The van der Waals surface area contributed by atoms with E-state index < -0.39 is 0 Å². The largest absolute Gasteiger partial charge is 0.349 e. The highest BCUT2D eigenvalue weighted by molar-refractivity contribution is 7.97. The number of carbonyl (C=O) groups excluding carboxylic acids is 1. The molecular formula is C28H28N2OS. The number of amides is 1. The van der Waals surface area contributed by atoms with E-state index in [1.165, 1.54) is 0 Å². The van der Waals surface area contributed by atoms with Crippen LogP contribution in [-0.2, 0) is 17.0 Å². The van der Waals surface area contributed by atoms with Gasteiger partial charge in [0.1, 0.15) is 0 Å². The van der Waals surface area contributed by atoms with Crippen molar-refractivity contribution in [2.45, 2.75) is 31.6 Å². The molecule has 0 aliphatic rings. The second-order valence-electron chi connectivity index (χ2n) is 7.85. The van der Waals surface area contributed by atoms with E-state index in [-0.39, 0.29) is 11.9 Å². The van der Waals surface area contributed by atoms with Crippen molar-refractivity contribution in [3.63, 3.8) is 0 Å². The first-order chi connectivity index (χ1) is 15.7. The van der Waals surface area contributed by atoms with Crippen molar-refractivity contribution in [1.82, 2.24) is 10.3 Å².